The molecule has 0 saturated heterocycles. The molecule has 0 bridgehead atoms. The van der Waals surface area contributed by atoms with Crippen LogP contribution < -0.4 is 0 Å². The first-order valence-corrected chi connectivity index (χ1v) is 9.35. The fourth-order valence-electron chi connectivity index (χ4n) is 6.60. The Balaban J connectivity index is 1.76. The van der Waals surface area contributed by atoms with Crippen molar-refractivity contribution in [3.8, 4) is 0 Å². The van der Waals surface area contributed by atoms with Crippen molar-refractivity contribution < 1.29 is 14.6 Å². The largest absolute Gasteiger partial charge is 0.393 e. The van der Waals surface area contributed by atoms with Gasteiger partial charge in [-0.25, -0.2) is 0 Å². The van der Waals surface area contributed by atoms with Gasteiger partial charge in [-0.2, -0.15) is 0 Å². The Morgan fingerprint density at radius 1 is 1.13 bits per heavy atom. The molecule has 7 atom stereocenters. The number of ether oxygens (including phenoxy) is 1. The van der Waals surface area contributed by atoms with Crippen molar-refractivity contribution in [2.75, 3.05) is 7.11 Å². The van der Waals surface area contributed by atoms with Gasteiger partial charge < -0.3 is 9.84 Å². The van der Waals surface area contributed by atoms with Crippen molar-refractivity contribution in [2.45, 2.75) is 71.0 Å². The first-order valence-electron chi connectivity index (χ1n) is 9.35. The minimum absolute atomic E-state index is 0.115. The maximum atomic E-state index is 12.5. The highest BCUT2D eigenvalue weighted by Gasteiger charge is 2.60. The van der Waals surface area contributed by atoms with Crippen LogP contribution in [0.2, 0.25) is 0 Å². The summed E-state index contributed by atoms with van der Waals surface area (Å²) in [6.07, 6.45) is 9.01. The van der Waals surface area contributed by atoms with Crippen LogP contribution in [0.25, 0.3) is 0 Å². The second kappa shape index (κ2) is 5.16. The van der Waals surface area contributed by atoms with Gasteiger partial charge in [-0.05, 0) is 61.7 Å². The van der Waals surface area contributed by atoms with Gasteiger partial charge in [-0.3, -0.25) is 4.79 Å². The Kier molecular flexibility index (Phi) is 3.55. The number of aliphatic hydroxyl groups excluding tert-OH is 1. The van der Waals surface area contributed by atoms with Gasteiger partial charge in [0.2, 0.25) is 0 Å². The summed E-state index contributed by atoms with van der Waals surface area (Å²) < 4.78 is 5.91. The molecule has 3 fully saturated rings. The lowest BCUT2D eigenvalue weighted by Gasteiger charge is -2.58. The number of hydrogen-bond acceptors (Lipinski definition) is 3. The number of methoxy groups -OCH3 is 1. The normalized spacial score (nSPS) is 52.4. The van der Waals surface area contributed by atoms with Crippen molar-refractivity contribution in [3.63, 3.8) is 0 Å². The van der Waals surface area contributed by atoms with Crippen LogP contribution >= 0.6 is 0 Å². The third-order valence-electron chi connectivity index (χ3n) is 8.06. The van der Waals surface area contributed by atoms with Gasteiger partial charge in [-0.15, -0.1) is 0 Å². The molecule has 0 amide bonds. The summed E-state index contributed by atoms with van der Waals surface area (Å²) in [5.74, 6) is 2.02. The molecule has 3 saturated carbocycles. The monoisotopic (exact) mass is 318 g/mol. The second-order valence-electron chi connectivity index (χ2n) is 8.91. The number of rotatable bonds is 1. The van der Waals surface area contributed by atoms with Gasteiger partial charge in [0.1, 0.15) is 5.78 Å². The topological polar surface area (TPSA) is 46.5 Å². The van der Waals surface area contributed by atoms with Crippen LogP contribution in [0.3, 0.4) is 0 Å². The molecule has 0 aromatic heterocycles. The lowest BCUT2D eigenvalue weighted by molar-refractivity contribution is -0.137. The zero-order chi connectivity index (χ0) is 16.4. The molecule has 0 spiro atoms. The average Bonchev–Trinajstić information content (AvgIpc) is 2.83. The fraction of sp³-hybridized carbons (Fsp3) is 0.850. The standard InChI is InChI=1S/C20H30O3/c1-19-8-6-13(21)10-12(19)11-16(23-3)18-14-4-5-17(22)20(14,2)9-7-15(18)19/h11,13-16,18,21H,4-10H2,1-3H3/t13-,14?,15?,16+,18?,19-,20-/m0/s1. The Labute approximate surface area is 139 Å². The number of carbonyl (C=O) groups excluding carboxylic acids is 1. The predicted octanol–water partition coefficient (Wildman–Crippen LogP) is 3.50. The number of carbonyl (C=O) groups is 1. The van der Waals surface area contributed by atoms with E-state index in [9.17, 15) is 9.90 Å². The van der Waals surface area contributed by atoms with Crippen molar-refractivity contribution in [3.05, 3.63) is 11.6 Å². The summed E-state index contributed by atoms with van der Waals surface area (Å²) in [6, 6.07) is 0. The Hall–Kier alpha value is -0.670. The van der Waals surface area contributed by atoms with Gasteiger partial charge in [0.15, 0.2) is 0 Å². The van der Waals surface area contributed by atoms with Crippen molar-refractivity contribution in [2.24, 2.45) is 28.6 Å². The minimum Gasteiger partial charge on any atom is -0.393 e. The van der Waals surface area contributed by atoms with Crippen LogP contribution in [-0.2, 0) is 9.53 Å². The van der Waals surface area contributed by atoms with E-state index in [1.807, 2.05) is 7.11 Å². The molecule has 0 aliphatic heterocycles. The van der Waals surface area contributed by atoms with Gasteiger partial charge in [0.25, 0.3) is 0 Å². The molecule has 1 N–H and O–H groups in total. The van der Waals surface area contributed by atoms with E-state index in [2.05, 4.69) is 19.9 Å². The van der Waals surface area contributed by atoms with E-state index in [1.54, 1.807) is 0 Å². The van der Waals surface area contributed by atoms with Gasteiger partial charge >= 0.3 is 0 Å². The number of Topliss-reactive ketones (excluding diaryl/α,β-unsaturated/α-hetero) is 1. The fourth-order valence-corrected chi connectivity index (χ4v) is 6.60. The molecule has 4 aliphatic rings. The zero-order valence-electron chi connectivity index (χ0n) is 14.7. The van der Waals surface area contributed by atoms with Gasteiger partial charge in [0, 0.05) is 18.9 Å². The maximum Gasteiger partial charge on any atom is 0.139 e. The van der Waals surface area contributed by atoms with Crippen molar-refractivity contribution in [1.29, 1.82) is 0 Å². The highest BCUT2D eigenvalue weighted by atomic mass is 16.5. The summed E-state index contributed by atoms with van der Waals surface area (Å²) in [7, 11) is 1.81. The average molecular weight is 318 g/mol. The summed E-state index contributed by atoms with van der Waals surface area (Å²) >= 11 is 0. The van der Waals surface area contributed by atoms with E-state index >= 15 is 0 Å². The Bertz CT molecular complexity index is 553. The molecule has 0 radical (unpaired) electrons. The zero-order valence-corrected chi connectivity index (χ0v) is 14.7. The van der Waals surface area contributed by atoms with Gasteiger partial charge in [0.05, 0.1) is 12.2 Å². The van der Waals surface area contributed by atoms with Gasteiger partial charge in [-0.1, -0.05) is 25.5 Å². The third kappa shape index (κ3) is 2.05. The van der Waals surface area contributed by atoms with E-state index in [4.69, 9.17) is 4.74 Å². The number of fused-ring (bicyclic) bond motifs is 5. The van der Waals surface area contributed by atoms with Crippen LogP contribution in [0, 0.1) is 28.6 Å². The van der Waals surface area contributed by atoms with Crippen LogP contribution in [0.4, 0.5) is 0 Å². The quantitative estimate of drug-likeness (QED) is 0.753. The number of ketones is 1. The summed E-state index contributed by atoms with van der Waals surface area (Å²) in [5, 5.41) is 10.1. The highest BCUT2D eigenvalue weighted by molar-refractivity contribution is 5.87. The SMILES string of the molecule is CO[C@@H]1C=C2C[C@@H](O)CC[C@]2(C)C2CC[C@]3(C)C(=O)CCC3C21. The predicted molar refractivity (Wildman–Crippen MR) is 88.9 cm³/mol. The third-order valence-corrected chi connectivity index (χ3v) is 8.06. The minimum atomic E-state index is -0.190. The molecule has 0 heterocycles. The lowest BCUT2D eigenvalue weighted by atomic mass is 9.47. The molecule has 4 rings (SSSR count). The van der Waals surface area contributed by atoms with E-state index in [0.717, 1.165) is 44.9 Å². The van der Waals surface area contributed by atoms with Crippen LogP contribution in [0.15, 0.2) is 11.6 Å². The molecule has 3 heteroatoms. The molecule has 128 valence electrons. The first-order chi connectivity index (χ1) is 10.9. The molecular formula is C20H30O3. The molecule has 3 unspecified atom stereocenters. The smallest absolute Gasteiger partial charge is 0.139 e. The number of hydrogen-bond donors (Lipinski definition) is 1. The summed E-state index contributed by atoms with van der Waals surface area (Å²) in [5.41, 5.74) is 1.50. The summed E-state index contributed by atoms with van der Waals surface area (Å²) in [4.78, 5) is 12.5. The Morgan fingerprint density at radius 3 is 2.57 bits per heavy atom. The molecule has 0 aromatic rings. The molecular weight excluding hydrogens is 288 g/mol. The number of aliphatic hydroxyl groups is 1. The van der Waals surface area contributed by atoms with Crippen LogP contribution in [-0.4, -0.2) is 30.2 Å². The van der Waals surface area contributed by atoms with E-state index in [0.29, 0.717) is 23.5 Å². The molecule has 3 nitrogen and oxygen atoms in total. The van der Waals surface area contributed by atoms with Crippen molar-refractivity contribution in [1.82, 2.24) is 0 Å². The second-order valence-corrected chi connectivity index (χ2v) is 8.91. The molecule has 23 heavy (non-hydrogen) atoms. The van der Waals surface area contributed by atoms with Crippen LogP contribution in [0.5, 0.6) is 0 Å². The van der Waals surface area contributed by atoms with E-state index in [1.165, 1.54) is 5.57 Å². The maximum absolute atomic E-state index is 12.5. The van der Waals surface area contributed by atoms with Crippen LogP contribution in [0.1, 0.15) is 58.8 Å². The van der Waals surface area contributed by atoms with E-state index in [-0.39, 0.29) is 23.0 Å². The summed E-state index contributed by atoms with van der Waals surface area (Å²) in [6.45, 7) is 4.62. The highest BCUT2D eigenvalue weighted by Crippen LogP contribution is 2.64. The lowest BCUT2D eigenvalue weighted by Crippen LogP contribution is -2.55. The first kappa shape index (κ1) is 15.8. The molecule has 0 aromatic carbocycles. The Morgan fingerprint density at radius 2 is 1.83 bits per heavy atom. The molecule has 4 aliphatic carbocycles. The van der Waals surface area contributed by atoms with Crippen molar-refractivity contribution >= 4 is 5.78 Å². The van der Waals surface area contributed by atoms with E-state index < -0.39 is 0 Å².